The first-order valence-corrected chi connectivity index (χ1v) is 2.14. The number of hydrogen-bond acceptors (Lipinski definition) is 3. The van der Waals surface area contributed by atoms with Crippen molar-refractivity contribution in [3.8, 4) is 0 Å². The van der Waals surface area contributed by atoms with Crippen molar-refractivity contribution < 1.29 is 4.52 Å². The molecule has 0 unspecified atom stereocenters. The van der Waals surface area contributed by atoms with E-state index in [0.29, 0.717) is 10.5 Å². The van der Waals surface area contributed by atoms with E-state index < -0.39 is 0 Å². The topological polar surface area (TPSA) is 55.0 Å². The van der Waals surface area contributed by atoms with E-state index in [1.54, 1.807) is 0 Å². The molecule has 0 fully saturated rings. The largest absolute Gasteiger partial charge is 0.368 e. The van der Waals surface area contributed by atoms with Gasteiger partial charge >= 0.3 is 0 Å². The van der Waals surface area contributed by atoms with Gasteiger partial charge in [-0.3, -0.25) is 0 Å². The molecule has 3 nitrogen and oxygen atoms in total. The van der Waals surface area contributed by atoms with Crippen LogP contribution in [0.5, 0.6) is 0 Å². The fraction of sp³-hybridized carbons (Fsp3) is 0. The summed E-state index contributed by atoms with van der Waals surface area (Å²) in [6.07, 6.45) is 0. The summed E-state index contributed by atoms with van der Waals surface area (Å²) >= 11 is 4.60. The standard InChI is InChI=1S/C3H4N2OS.ClH/c4-2-1-3(7)5-6-2;/h1H,4H2,(H,5,7);1H. The van der Waals surface area contributed by atoms with Gasteiger partial charge in [0.1, 0.15) is 4.64 Å². The predicted molar refractivity (Wildman–Crippen MR) is 35.6 cm³/mol. The van der Waals surface area contributed by atoms with Crippen LogP contribution in [0.25, 0.3) is 0 Å². The summed E-state index contributed by atoms with van der Waals surface area (Å²) in [4.78, 5) is 0. The summed E-state index contributed by atoms with van der Waals surface area (Å²) in [5, 5.41) is 2.38. The number of nitrogens with one attached hydrogen (secondary N) is 1. The van der Waals surface area contributed by atoms with E-state index in [1.807, 2.05) is 0 Å². The van der Waals surface area contributed by atoms with Gasteiger partial charge in [-0.1, -0.05) is 12.2 Å². The van der Waals surface area contributed by atoms with Crippen LogP contribution in [0, 0.1) is 4.64 Å². The number of nitrogens with two attached hydrogens (primary N) is 1. The zero-order chi connectivity index (χ0) is 5.28. The van der Waals surface area contributed by atoms with Crippen molar-refractivity contribution in [2.24, 2.45) is 0 Å². The molecule has 1 aromatic heterocycles. The van der Waals surface area contributed by atoms with Crippen LogP contribution in [0.1, 0.15) is 0 Å². The second kappa shape index (κ2) is 2.74. The van der Waals surface area contributed by atoms with Crippen LogP contribution in [0.15, 0.2) is 10.6 Å². The molecule has 0 spiro atoms. The minimum Gasteiger partial charge on any atom is -0.368 e. The fourth-order valence-electron chi connectivity index (χ4n) is 0.297. The minimum absolute atomic E-state index is 0. The van der Waals surface area contributed by atoms with Crippen molar-refractivity contribution in [1.29, 1.82) is 0 Å². The molecule has 3 N–H and O–H groups in total. The maximum absolute atomic E-state index is 5.11. The first-order chi connectivity index (χ1) is 3.29. The molecule has 1 aromatic rings. The fourth-order valence-corrected chi connectivity index (χ4v) is 0.455. The molecule has 1 heterocycles. The molecule has 0 aromatic carbocycles. The lowest BCUT2D eigenvalue weighted by atomic mass is 10.7. The third kappa shape index (κ3) is 1.55. The second-order valence-corrected chi connectivity index (χ2v) is 1.55. The normalized spacial score (nSPS) is 8.00. The van der Waals surface area contributed by atoms with Crippen molar-refractivity contribution in [3.63, 3.8) is 0 Å². The van der Waals surface area contributed by atoms with Crippen molar-refractivity contribution in [2.45, 2.75) is 0 Å². The van der Waals surface area contributed by atoms with Crippen LogP contribution in [-0.4, -0.2) is 5.16 Å². The Kier molecular flexibility index (Phi) is 2.57. The van der Waals surface area contributed by atoms with Gasteiger partial charge < -0.3 is 10.3 Å². The number of nitrogen functional groups attached to an aromatic ring is 1. The van der Waals surface area contributed by atoms with Crippen molar-refractivity contribution in [1.82, 2.24) is 5.16 Å². The maximum Gasteiger partial charge on any atom is 0.220 e. The first kappa shape index (κ1) is 7.52. The van der Waals surface area contributed by atoms with Crippen LogP contribution in [-0.2, 0) is 0 Å². The van der Waals surface area contributed by atoms with Gasteiger partial charge in [0.25, 0.3) is 0 Å². The molecule has 0 aliphatic rings. The number of aromatic nitrogens is 1. The van der Waals surface area contributed by atoms with Gasteiger partial charge in [0.05, 0.1) is 0 Å². The van der Waals surface area contributed by atoms with Crippen LogP contribution in [0.4, 0.5) is 5.88 Å². The van der Waals surface area contributed by atoms with Gasteiger partial charge in [0.15, 0.2) is 0 Å². The Morgan fingerprint density at radius 1 is 1.75 bits per heavy atom. The Balaban J connectivity index is 0.000000490. The highest BCUT2D eigenvalue weighted by Gasteiger charge is 1.82. The molecule has 0 amide bonds. The molecular weight excluding hydrogens is 148 g/mol. The van der Waals surface area contributed by atoms with Gasteiger partial charge in [0.2, 0.25) is 5.88 Å². The molecule has 0 bridgehead atoms. The van der Waals surface area contributed by atoms with Gasteiger partial charge in [-0.05, 0) is 0 Å². The number of rotatable bonds is 0. The van der Waals surface area contributed by atoms with E-state index in [0.717, 1.165) is 0 Å². The number of hydrogen-bond donors (Lipinski definition) is 2. The molecule has 0 atom stereocenters. The summed E-state index contributed by atoms with van der Waals surface area (Å²) in [5.74, 6) is 0.324. The van der Waals surface area contributed by atoms with E-state index in [2.05, 4.69) is 21.9 Å². The van der Waals surface area contributed by atoms with E-state index >= 15 is 0 Å². The summed E-state index contributed by atoms with van der Waals surface area (Å²) < 4.78 is 5.04. The van der Waals surface area contributed by atoms with Crippen molar-refractivity contribution >= 4 is 30.5 Å². The van der Waals surface area contributed by atoms with E-state index in [-0.39, 0.29) is 12.4 Å². The van der Waals surface area contributed by atoms with E-state index in [1.165, 1.54) is 6.07 Å². The average Bonchev–Trinajstić information content (AvgIpc) is 1.87. The lowest BCUT2D eigenvalue weighted by Crippen LogP contribution is -1.75. The zero-order valence-corrected chi connectivity index (χ0v) is 5.51. The first-order valence-electron chi connectivity index (χ1n) is 1.73. The third-order valence-electron chi connectivity index (χ3n) is 0.543. The lowest BCUT2D eigenvalue weighted by Gasteiger charge is -1.69. The smallest absolute Gasteiger partial charge is 0.220 e. The van der Waals surface area contributed by atoms with Gasteiger partial charge in [0, 0.05) is 6.07 Å². The molecule has 8 heavy (non-hydrogen) atoms. The molecule has 1 rings (SSSR count). The lowest BCUT2D eigenvalue weighted by molar-refractivity contribution is 0.434. The Morgan fingerprint density at radius 3 is 2.50 bits per heavy atom. The Bertz CT molecular complexity index is 205. The molecule has 0 aliphatic carbocycles. The molecule has 5 heteroatoms. The molecule has 0 aliphatic heterocycles. The molecule has 46 valence electrons. The molecule has 0 saturated heterocycles. The Morgan fingerprint density at radius 2 is 2.38 bits per heavy atom. The van der Waals surface area contributed by atoms with Crippen LogP contribution < -0.4 is 5.73 Å². The minimum atomic E-state index is 0. The quantitative estimate of drug-likeness (QED) is 0.552. The Hall–Kier alpha value is -0.480. The van der Waals surface area contributed by atoms with Gasteiger partial charge in [-0.25, -0.2) is 5.16 Å². The highest BCUT2D eigenvalue weighted by Crippen LogP contribution is 1.96. The summed E-state index contributed by atoms with van der Waals surface area (Å²) in [7, 11) is 0. The number of halogens is 1. The number of anilines is 1. The van der Waals surface area contributed by atoms with Crippen LogP contribution >= 0.6 is 24.6 Å². The average molecular weight is 153 g/mol. The molecule has 0 radical (unpaired) electrons. The predicted octanol–water partition coefficient (Wildman–Crippen LogP) is 1.34. The highest BCUT2D eigenvalue weighted by atomic mass is 35.5. The zero-order valence-electron chi connectivity index (χ0n) is 3.88. The summed E-state index contributed by atoms with van der Waals surface area (Å²) in [6.45, 7) is 0. The summed E-state index contributed by atoms with van der Waals surface area (Å²) in [5.41, 5.74) is 5.11. The number of H-pyrrole nitrogens is 1. The van der Waals surface area contributed by atoms with Crippen molar-refractivity contribution in [3.05, 3.63) is 10.7 Å². The third-order valence-corrected chi connectivity index (χ3v) is 0.744. The molecular formula is C3H5ClN2OS. The van der Waals surface area contributed by atoms with Gasteiger partial charge in [-0.2, -0.15) is 0 Å². The summed E-state index contributed by atoms with van der Waals surface area (Å²) in [6, 6.07) is 1.54. The Labute approximate surface area is 57.2 Å². The van der Waals surface area contributed by atoms with E-state index in [9.17, 15) is 0 Å². The maximum atomic E-state index is 5.11. The molecule has 0 saturated carbocycles. The second-order valence-electron chi connectivity index (χ2n) is 1.12. The number of aromatic amines is 1. The highest BCUT2D eigenvalue weighted by molar-refractivity contribution is 7.71. The van der Waals surface area contributed by atoms with Crippen LogP contribution in [0.2, 0.25) is 0 Å². The SMILES string of the molecule is Cl.Nc1cc(=S)[nH]o1. The monoisotopic (exact) mass is 152 g/mol. The van der Waals surface area contributed by atoms with E-state index in [4.69, 9.17) is 5.73 Å². The van der Waals surface area contributed by atoms with Gasteiger partial charge in [-0.15, -0.1) is 12.4 Å². The van der Waals surface area contributed by atoms with Crippen LogP contribution in [0.3, 0.4) is 0 Å². The van der Waals surface area contributed by atoms with Crippen molar-refractivity contribution in [2.75, 3.05) is 5.73 Å².